The van der Waals surface area contributed by atoms with Crippen LogP contribution in [0.4, 0.5) is 0 Å². The van der Waals surface area contributed by atoms with Gasteiger partial charge in [0.1, 0.15) is 5.65 Å². The Labute approximate surface area is 235 Å². The predicted octanol–water partition coefficient (Wildman–Crippen LogP) is 6.43. The fourth-order valence-corrected chi connectivity index (χ4v) is 5.59. The van der Waals surface area contributed by atoms with E-state index in [1.807, 2.05) is 36.5 Å². The fraction of sp³-hybridized carbons (Fsp3) is 0.312. The van der Waals surface area contributed by atoms with Crippen LogP contribution in [0.25, 0.3) is 5.65 Å². The number of thioether (sulfide) groups is 1. The van der Waals surface area contributed by atoms with Crippen molar-refractivity contribution in [3.8, 4) is 0 Å². The van der Waals surface area contributed by atoms with Crippen molar-refractivity contribution in [1.29, 1.82) is 0 Å². The van der Waals surface area contributed by atoms with E-state index in [2.05, 4.69) is 65.9 Å². The number of nitrogens with zero attached hydrogens (tertiary/aromatic N) is 3. The van der Waals surface area contributed by atoms with Gasteiger partial charge in [-0.05, 0) is 60.1 Å². The van der Waals surface area contributed by atoms with E-state index >= 15 is 0 Å². The van der Waals surface area contributed by atoms with Crippen molar-refractivity contribution in [1.82, 2.24) is 14.3 Å². The van der Waals surface area contributed by atoms with Gasteiger partial charge in [0.15, 0.2) is 0 Å². The molecule has 2 aromatic carbocycles. The van der Waals surface area contributed by atoms with Crippen LogP contribution in [0.2, 0.25) is 0 Å². The number of allylic oxidation sites excluding steroid dienone is 1. The highest BCUT2D eigenvalue weighted by Gasteiger charge is 2.13. The maximum atomic E-state index is 10.8. The fourth-order valence-electron chi connectivity index (χ4n) is 4.59. The highest BCUT2D eigenvalue weighted by molar-refractivity contribution is 8.02. The first-order chi connectivity index (χ1) is 18.9. The van der Waals surface area contributed by atoms with Gasteiger partial charge in [-0.25, -0.2) is 4.98 Å². The van der Waals surface area contributed by atoms with Gasteiger partial charge in [-0.2, -0.15) is 0 Å². The highest BCUT2D eigenvalue weighted by Crippen LogP contribution is 2.28. The summed E-state index contributed by atoms with van der Waals surface area (Å²) >= 11 is 1.76. The number of nitrogens with two attached hydrogens (primary N) is 1. The van der Waals surface area contributed by atoms with E-state index in [1.54, 1.807) is 11.8 Å². The number of carbonyl (C=O) groups is 1. The number of aliphatic carboxylic acids is 1. The van der Waals surface area contributed by atoms with Gasteiger partial charge in [0.05, 0.1) is 10.7 Å². The van der Waals surface area contributed by atoms with Crippen molar-refractivity contribution in [3.63, 3.8) is 0 Å². The number of pyridine rings is 1. The monoisotopic (exact) mass is 542 g/mol. The third-order valence-electron chi connectivity index (χ3n) is 6.71. The van der Waals surface area contributed by atoms with Crippen molar-refractivity contribution >= 4 is 23.4 Å². The second kappa shape index (κ2) is 13.9. The number of benzene rings is 2. The Bertz CT molecular complexity index is 1360. The molecule has 204 valence electrons. The molecule has 0 bridgehead atoms. The number of hydrogen-bond donors (Lipinski definition) is 2. The summed E-state index contributed by atoms with van der Waals surface area (Å²) in [6.45, 7) is 2.94. The minimum absolute atomic E-state index is 0.171. The molecule has 2 aromatic heterocycles. The molecule has 0 aliphatic heterocycles. The van der Waals surface area contributed by atoms with Crippen molar-refractivity contribution < 1.29 is 9.90 Å². The molecule has 0 aliphatic rings. The predicted molar refractivity (Wildman–Crippen MR) is 160 cm³/mol. The minimum Gasteiger partial charge on any atom is -0.481 e. The third-order valence-corrected chi connectivity index (χ3v) is 7.99. The van der Waals surface area contributed by atoms with Crippen LogP contribution in [0.3, 0.4) is 0 Å². The van der Waals surface area contributed by atoms with E-state index in [4.69, 9.17) is 15.8 Å². The lowest BCUT2D eigenvalue weighted by molar-refractivity contribution is -0.136. The van der Waals surface area contributed by atoms with Gasteiger partial charge in [-0.3, -0.25) is 4.79 Å². The number of hydrogen-bond acceptors (Lipinski definition) is 5. The largest absolute Gasteiger partial charge is 0.481 e. The van der Waals surface area contributed by atoms with Crippen LogP contribution in [-0.4, -0.2) is 32.4 Å². The molecule has 2 heterocycles. The molecule has 7 heteroatoms. The number of fused-ring (bicyclic) bond motifs is 1. The molecule has 6 nitrogen and oxygen atoms in total. The molecule has 3 N–H and O–H groups in total. The van der Waals surface area contributed by atoms with E-state index in [0.717, 1.165) is 65.6 Å². The molecule has 0 aliphatic carbocycles. The maximum Gasteiger partial charge on any atom is 0.303 e. The molecule has 39 heavy (non-hydrogen) atoms. The smallest absolute Gasteiger partial charge is 0.303 e. The second-order valence-corrected chi connectivity index (χ2v) is 10.9. The Hall–Kier alpha value is -3.71. The standard InChI is InChI=1S/C32H38N4O2S/c1-3-6-29(33)32(39-23-28-22-36-20-5-4-7-30(36)34-28)35(2)21-27-16-14-25(15-17-27)9-8-24-10-12-26(13-11-24)18-19-31(37)38/h4-5,7,10-17,20,22H,3,6,8-9,18-19,21,23,33H2,1-2H3,(H,37,38)/b32-29-. The summed E-state index contributed by atoms with van der Waals surface area (Å²) in [6.07, 6.45) is 8.66. The van der Waals surface area contributed by atoms with Gasteiger partial charge < -0.3 is 20.1 Å². The molecule has 0 unspecified atom stereocenters. The first kappa shape index (κ1) is 28.3. The van der Waals surface area contributed by atoms with Crippen LogP contribution >= 0.6 is 11.8 Å². The zero-order valence-electron chi connectivity index (χ0n) is 22.8. The Kier molecular flexibility index (Phi) is 10.1. The minimum atomic E-state index is -0.757. The van der Waals surface area contributed by atoms with Crippen molar-refractivity contribution in [2.75, 3.05) is 7.05 Å². The lowest BCUT2D eigenvalue weighted by atomic mass is 10.0. The lowest BCUT2D eigenvalue weighted by Gasteiger charge is -2.24. The second-order valence-electron chi connectivity index (χ2n) is 9.95. The topological polar surface area (TPSA) is 83.9 Å². The lowest BCUT2D eigenvalue weighted by Crippen LogP contribution is -2.20. The van der Waals surface area contributed by atoms with Crippen molar-refractivity contribution in [2.24, 2.45) is 5.73 Å². The summed E-state index contributed by atoms with van der Waals surface area (Å²) in [4.78, 5) is 17.8. The maximum absolute atomic E-state index is 10.8. The summed E-state index contributed by atoms with van der Waals surface area (Å²) in [6, 6.07) is 23.2. The zero-order valence-corrected chi connectivity index (χ0v) is 23.7. The molecular weight excluding hydrogens is 504 g/mol. The van der Waals surface area contributed by atoms with Crippen molar-refractivity contribution in [2.45, 2.75) is 57.7 Å². The van der Waals surface area contributed by atoms with E-state index in [0.29, 0.717) is 6.42 Å². The van der Waals surface area contributed by atoms with Gasteiger partial charge in [0.25, 0.3) is 0 Å². The number of rotatable bonds is 14. The summed E-state index contributed by atoms with van der Waals surface area (Å²) in [5.74, 6) is 0.0120. The van der Waals surface area contributed by atoms with Gasteiger partial charge >= 0.3 is 5.97 Å². The molecule has 4 aromatic rings. The number of carboxylic acids is 1. The zero-order chi connectivity index (χ0) is 27.6. The number of aryl methyl sites for hydroxylation is 3. The van der Waals surface area contributed by atoms with E-state index in [9.17, 15) is 4.79 Å². The molecule has 0 atom stereocenters. The van der Waals surface area contributed by atoms with Crippen molar-refractivity contribution in [3.05, 3.63) is 118 Å². The molecule has 0 saturated carbocycles. The first-order valence-corrected chi connectivity index (χ1v) is 14.5. The van der Waals surface area contributed by atoms with E-state index in [-0.39, 0.29) is 6.42 Å². The van der Waals surface area contributed by atoms with Gasteiger partial charge in [-0.1, -0.05) is 67.9 Å². The number of aromatic nitrogens is 2. The van der Waals surface area contributed by atoms with Crippen LogP contribution in [-0.2, 0) is 36.4 Å². The molecule has 0 spiro atoms. The molecule has 0 saturated heterocycles. The number of carboxylic acid groups (broad SMARTS) is 1. The van der Waals surface area contributed by atoms with Crippen LogP contribution in [0.15, 0.2) is 89.8 Å². The molecule has 0 fully saturated rings. The van der Waals surface area contributed by atoms with Crippen LogP contribution in [0, 0.1) is 0 Å². The summed E-state index contributed by atoms with van der Waals surface area (Å²) in [5, 5.41) is 9.97. The molecule has 0 amide bonds. The average Bonchev–Trinajstić information content (AvgIpc) is 3.35. The normalized spacial score (nSPS) is 11.9. The first-order valence-electron chi connectivity index (χ1n) is 13.5. The molecule has 4 rings (SSSR count). The van der Waals surface area contributed by atoms with Crippen LogP contribution in [0.1, 0.15) is 54.1 Å². The summed E-state index contributed by atoms with van der Waals surface area (Å²) in [7, 11) is 2.11. The molecular formula is C32H38N4O2S. The Morgan fingerprint density at radius 1 is 0.923 bits per heavy atom. The highest BCUT2D eigenvalue weighted by atomic mass is 32.2. The SMILES string of the molecule is CCC/C(N)=C(/SCc1cn2ccccc2n1)N(C)Cc1ccc(CCc2ccc(CCC(=O)O)cc2)cc1. The van der Waals surface area contributed by atoms with Gasteiger partial charge in [-0.15, -0.1) is 11.8 Å². The molecule has 0 radical (unpaired) electrons. The van der Waals surface area contributed by atoms with Gasteiger partial charge in [0, 0.05) is 43.9 Å². The Morgan fingerprint density at radius 2 is 1.54 bits per heavy atom. The Balaban J connectivity index is 1.33. The summed E-state index contributed by atoms with van der Waals surface area (Å²) in [5.41, 5.74) is 14.4. The van der Waals surface area contributed by atoms with Crippen LogP contribution in [0.5, 0.6) is 0 Å². The Morgan fingerprint density at radius 3 is 2.13 bits per heavy atom. The quantitative estimate of drug-likeness (QED) is 0.191. The number of imidazole rings is 1. The van der Waals surface area contributed by atoms with E-state index in [1.165, 1.54) is 16.7 Å². The van der Waals surface area contributed by atoms with Gasteiger partial charge in [0.2, 0.25) is 0 Å². The average molecular weight is 543 g/mol. The van der Waals surface area contributed by atoms with E-state index < -0.39 is 5.97 Å². The third kappa shape index (κ3) is 8.39. The summed E-state index contributed by atoms with van der Waals surface area (Å²) < 4.78 is 2.05. The van der Waals surface area contributed by atoms with Crippen LogP contribution < -0.4 is 5.73 Å².